The van der Waals surface area contributed by atoms with Crippen molar-refractivity contribution in [3.05, 3.63) is 59.9 Å². The van der Waals surface area contributed by atoms with Gasteiger partial charge in [0.1, 0.15) is 5.82 Å². The first-order valence-corrected chi connectivity index (χ1v) is 14.2. The Kier molecular flexibility index (Phi) is 8.01. The van der Waals surface area contributed by atoms with Crippen LogP contribution < -0.4 is 4.72 Å². The molecular formula is C23H29FN2O6S2. The number of sulfonamides is 2. The average Bonchev–Trinajstić information content (AvgIpc) is 3.53. The maximum absolute atomic E-state index is 14.3. The predicted octanol–water partition coefficient (Wildman–Crippen LogP) is 2.65. The summed E-state index contributed by atoms with van der Waals surface area (Å²) in [6.07, 6.45) is 2.82. The molecule has 1 N–H and O–H groups in total. The van der Waals surface area contributed by atoms with Crippen LogP contribution in [0.4, 0.5) is 4.39 Å². The molecule has 0 saturated carbocycles. The number of nitrogens with one attached hydrogen (secondary N) is 1. The fourth-order valence-corrected chi connectivity index (χ4v) is 6.63. The first-order valence-electron chi connectivity index (χ1n) is 11.3. The molecule has 0 bridgehead atoms. The number of rotatable bonds is 10. The van der Waals surface area contributed by atoms with Crippen molar-refractivity contribution in [3.63, 3.8) is 0 Å². The Morgan fingerprint density at radius 1 is 0.882 bits per heavy atom. The molecule has 0 aliphatic carbocycles. The van der Waals surface area contributed by atoms with Gasteiger partial charge in [0.25, 0.3) is 0 Å². The van der Waals surface area contributed by atoms with E-state index in [0.717, 1.165) is 25.7 Å². The van der Waals surface area contributed by atoms with Gasteiger partial charge in [-0.2, -0.15) is 4.31 Å². The van der Waals surface area contributed by atoms with Crippen LogP contribution in [0.15, 0.2) is 58.3 Å². The van der Waals surface area contributed by atoms with E-state index in [9.17, 15) is 21.2 Å². The van der Waals surface area contributed by atoms with Crippen LogP contribution in [0.25, 0.3) is 0 Å². The van der Waals surface area contributed by atoms with Crippen LogP contribution in [-0.2, 0) is 36.1 Å². The number of ether oxygens (including phenoxy) is 2. The summed E-state index contributed by atoms with van der Waals surface area (Å²) in [4.78, 5) is -0.107. The molecule has 2 heterocycles. The van der Waals surface area contributed by atoms with E-state index < -0.39 is 25.9 Å². The van der Waals surface area contributed by atoms with Crippen LogP contribution in [-0.4, -0.2) is 59.7 Å². The third-order valence-corrected chi connectivity index (χ3v) is 9.30. The van der Waals surface area contributed by atoms with Gasteiger partial charge in [-0.1, -0.05) is 18.2 Å². The zero-order valence-electron chi connectivity index (χ0n) is 18.7. The zero-order valence-corrected chi connectivity index (χ0v) is 20.4. The van der Waals surface area contributed by atoms with Crippen LogP contribution >= 0.6 is 0 Å². The minimum atomic E-state index is -4.04. The Balaban J connectivity index is 1.53. The molecule has 11 heteroatoms. The van der Waals surface area contributed by atoms with E-state index in [0.29, 0.717) is 13.2 Å². The molecule has 0 spiro atoms. The molecule has 34 heavy (non-hydrogen) atoms. The summed E-state index contributed by atoms with van der Waals surface area (Å²) in [5.41, 5.74) is 0.251. The highest BCUT2D eigenvalue weighted by molar-refractivity contribution is 7.89. The smallest absolute Gasteiger partial charge is 0.243 e. The molecule has 8 nitrogen and oxygen atoms in total. The number of hydrogen-bond acceptors (Lipinski definition) is 6. The fraction of sp³-hybridized carbons (Fsp3) is 0.478. The van der Waals surface area contributed by atoms with E-state index in [4.69, 9.17) is 9.47 Å². The zero-order chi connectivity index (χ0) is 24.2. The summed E-state index contributed by atoms with van der Waals surface area (Å²) < 4.78 is 81.2. The summed E-state index contributed by atoms with van der Waals surface area (Å²) in [6.45, 7) is 1.27. The molecule has 186 valence electrons. The van der Waals surface area contributed by atoms with E-state index in [1.165, 1.54) is 34.6 Å². The molecule has 2 aromatic carbocycles. The highest BCUT2D eigenvalue weighted by Gasteiger charge is 2.30. The van der Waals surface area contributed by atoms with Crippen LogP contribution in [0.2, 0.25) is 0 Å². The third-order valence-electron chi connectivity index (χ3n) is 6.03. The average molecular weight is 513 g/mol. The van der Waals surface area contributed by atoms with E-state index in [2.05, 4.69) is 4.72 Å². The standard InChI is InChI=1S/C23H29FN2O6S2/c24-23-8-2-1-5-18(23)16-26(17-20-7-4-14-32-20)34(29,30)22-11-9-21(10-12-22)33(27,28)25-15-19-6-3-13-31-19/h1-2,5,8-12,19-20,25H,3-4,6-7,13-17H2/t19-,20+/m1/s1. The SMILES string of the molecule is O=S(=O)(NC[C@H]1CCCO1)c1ccc(S(=O)(=O)N(Cc2ccccc2F)C[C@@H]2CCCO2)cc1. The van der Waals surface area contributed by atoms with Crippen molar-refractivity contribution in [3.8, 4) is 0 Å². The number of hydrogen-bond donors (Lipinski definition) is 1. The molecule has 2 saturated heterocycles. The summed E-state index contributed by atoms with van der Waals surface area (Å²) >= 11 is 0. The van der Waals surface area contributed by atoms with Crippen molar-refractivity contribution < 1.29 is 30.7 Å². The first-order chi connectivity index (χ1) is 16.3. The lowest BCUT2D eigenvalue weighted by atomic mass is 10.2. The Bertz CT molecular complexity index is 1180. The molecule has 4 rings (SSSR count). The van der Waals surface area contributed by atoms with Crippen LogP contribution in [0.3, 0.4) is 0 Å². The molecule has 0 radical (unpaired) electrons. The lowest BCUT2D eigenvalue weighted by molar-refractivity contribution is 0.0924. The molecule has 0 amide bonds. The number of halogens is 1. The maximum atomic E-state index is 14.3. The van der Waals surface area contributed by atoms with Gasteiger partial charge >= 0.3 is 0 Å². The minimum absolute atomic E-state index is 0.0378. The molecule has 0 unspecified atom stereocenters. The van der Waals surface area contributed by atoms with Gasteiger partial charge < -0.3 is 9.47 Å². The topological polar surface area (TPSA) is 102 Å². The van der Waals surface area contributed by atoms with Crippen molar-refractivity contribution in [2.75, 3.05) is 26.3 Å². The Hall–Kier alpha value is -1.89. The Morgan fingerprint density at radius 3 is 2.12 bits per heavy atom. The molecule has 0 aromatic heterocycles. The van der Waals surface area contributed by atoms with Gasteiger partial charge in [0, 0.05) is 38.4 Å². The van der Waals surface area contributed by atoms with Crippen molar-refractivity contribution in [2.24, 2.45) is 0 Å². The van der Waals surface area contributed by atoms with E-state index in [-0.39, 0.29) is 47.2 Å². The first kappa shape index (κ1) is 25.2. The van der Waals surface area contributed by atoms with E-state index >= 15 is 0 Å². The minimum Gasteiger partial charge on any atom is -0.377 e. The molecule has 2 aliphatic rings. The second kappa shape index (κ2) is 10.8. The largest absolute Gasteiger partial charge is 0.377 e. The van der Waals surface area contributed by atoms with Crippen LogP contribution in [0, 0.1) is 5.82 Å². The molecule has 2 fully saturated rings. The Labute approximate surface area is 200 Å². The second-order valence-electron chi connectivity index (χ2n) is 8.48. The molecule has 2 aliphatic heterocycles. The van der Waals surface area contributed by atoms with Gasteiger partial charge in [0.15, 0.2) is 0 Å². The van der Waals surface area contributed by atoms with Gasteiger partial charge in [-0.3, -0.25) is 0 Å². The molecule has 2 atom stereocenters. The summed E-state index contributed by atoms with van der Waals surface area (Å²) in [5.74, 6) is -0.492. The monoisotopic (exact) mass is 512 g/mol. The van der Waals surface area contributed by atoms with Gasteiger partial charge in [-0.15, -0.1) is 0 Å². The van der Waals surface area contributed by atoms with E-state index in [1.807, 2.05) is 0 Å². The summed E-state index contributed by atoms with van der Waals surface area (Å²) in [5, 5.41) is 0. The number of benzene rings is 2. The van der Waals surface area contributed by atoms with Crippen molar-refractivity contribution in [1.82, 2.24) is 9.03 Å². The fourth-order valence-electron chi connectivity index (χ4n) is 4.11. The van der Waals surface area contributed by atoms with Gasteiger partial charge in [0.05, 0.1) is 22.0 Å². The lowest BCUT2D eigenvalue weighted by Crippen LogP contribution is -2.37. The highest BCUT2D eigenvalue weighted by Crippen LogP contribution is 2.24. The normalized spacial score (nSPS) is 21.4. The maximum Gasteiger partial charge on any atom is 0.243 e. The predicted molar refractivity (Wildman–Crippen MR) is 124 cm³/mol. The highest BCUT2D eigenvalue weighted by atomic mass is 32.2. The second-order valence-corrected chi connectivity index (χ2v) is 12.2. The van der Waals surface area contributed by atoms with Gasteiger partial charge in [-0.25, -0.2) is 25.9 Å². The Morgan fingerprint density at radius 2 is 1.50 bits per heavy atom. The van der Waals surface area contributed by atoms with Crippen molar-refractivity contribution in [1.29, 1.82) is 0 Å². The quantitative estimate of drug-likeness (QED) is 0.525. The van der Waals surface area contributed by atoms with Gasteiger partial charge in [0.2, 0.25) is 20.0 Å². The van der Waals surface area contributed by atoms with Crippen molar-refractivity contribution in [2.45, 2.75) is 54.2 Å². The summed E-state index contributed by atoms with van der Waals surface area (Å²) in [7, 11) is -7.85. The van der Waals surface area contributed by atoms with E-state index in [1.54, 1.807) is 18.2 Å². The number of nitrogens with zero attached hydrogens (tertiary/aromatic N) is 1. The summed E-state index contributed by atoms with van der Waals surface area (Å²) in [6, 6.07) is 11.1. The lowest BCUT2D eigenvalue weighted by Gasteiger charge is -2.25. The van der Waals surface area contributed by atoms with Crippen molar-refractivity contribution >= 4 is 20.0 Å². The van der Waals surface area contributed by atoms with Gasteiger partial charge in [-0.05, 0) is 56.0 Å². The molecule has 2 aromatic rings. The van der Waals surface area contributed by atoms with Crippen LogP contribution in [0.5, 0.6) is 0 Å². The third kappa shape index (κ3) is 6.02. The van der Waals surface area contributed by atoms with Crippen LogP contribution in [0.1, 0.15) is 31.2 Å². The molecular weight excluding hydrogens is 483 g/mol.